The van der Waals surface area contributed by atoms with Crippen molar-refractivity contribution in [2.24, 2.45) is 11.3 Å². The molecule has 184 valence electrons. The van der Waals surface area contributed by atoms with E-state index < -0.39 is 0 Å². The van der Waals surface area contributed by atoms with E-state index in [-0.39, 0.29) is 29.2 Å². The Morgan fingerprint density at radius 2 is 1.64 bits per heavy atom. The normalized spacial score (nSPS) is 23.8. The van der Waals surface area contributed by atoms with Crippen LogP contribution in [0.4, 0.5) is 0 Å². The zero-order valence-electron chi connectivity index (χ0n) is 20.9. The quantitative estimate of drug-likeness (QED) is 0.646. The summed E-state index contributed by atoms with van der Waals surface area (Å²) in [6, 6.07) is -0.0309. The summed E-state index contributed by atoms with van der Waals surface area (Å²) in [5.74, 6) is 2.34. The number of nitrogens with zero attached hydrogens (tertiary/aromatic N) is 5. The van der Waals surface area contributed by atoms with Gasteiger partial charge in [-0.2, -0.15) is 0 Å². The average molecular weight is 460 g/mol. The molecular formula is C25H41N5O3. The van der Waals surface area contributed by atoms with Gasteiger partial charge in [0, 0.05) is 45.1 Å². The van der Waals surface area contributed by atoms with Gasteiger partial charge in [-0.3, -0.25) is 14.5 Å². The predicted molar refractivity (Wildman–Crippen MR) is 125 cm³/mol. The van der Waals surface area contributed by atoms with Gasteiger partial charge in [-0.15, -0.1) is 10.2 Å². The number of carbonyl (C=O) groups is 2. The second-order valence-electron chi connectivity index (χ2n) is 11.2. The molecule has 0 saturated carbocycles. The standard InChI is InChI=1S/C25H41N5O3/c1-18(2)14-21(31)29-12-8-25(9-13-29)15-20(24-27-26-23(33-24)19(3)4)30(17-25)16-22(32)28-10-6-5-7-11-28/h18-20H,5-17H2,1-4H3. The van der Waals surface area contributed by atoms with Crippen molar-refractivity contribution in [2.45, 2.75) is 84.6 Å². The number of hydrogen-bond donors (Lipinski definition) is 0. The Balaban J connectivity index is 1.47. The molecule has 4 rings (SSSR count). The first kappa shape index (κ1) is 24.2. The van der Waals surface area contributed by atoms with Gasteiger partial charge in [-0.1, -0.05) is 27.7 Å². The summed E-state index contributed by atoms with van der Waals surface area (Å²) in [6.45, 7) is 12.9. The van der Waals surface area contributed by atoms with Crippen molar-refractivity contribution in [2.75, 3.05) is 39.3 Å². The lowest BCUT2D eigenvalue weighted by molar-refractivity contribution is -0.134. The van der Waals surface area contributed by atoms with Crippen molar-refractivity contribution in [3.8, 4) is 0 Å². The number of carbonyl (C=O) groups excluding carboxylic acids is 2. The fourth-order valence-corrected chi connectivity index (χ4v) is 5.66. The maximum Gasteiger partial charge on any atom is 0.236 e. The molecule has 0 radical (unpaired) electrons. The highest BCUT2D eigenvalue weighted by Gasteiger charge is 2.49. The molecule has 1 spiro atoms. The van der Waals surface area contributed by atoms with Gasteiger partial charge >= 0.3 is 0 Å². The third-order valence-corrected chi connectivity index (χ3v) is 7.65. The first-order valence-electron chi connectivity index (χ1n) is 12.9. The first-order valence-corrected chi connectivity index (χ1v) is 12.9. The molecule has 0 N–H and O–H groups in total. The molecule has 3 aliphatic heterocycles. The van der Waals surface area contributed by atoms with Crippen LogP contribution in [-0.4, -0.2) is 76.0 Å². The molecule has 4 heterocycles. The molecule has 2 amide bonds. The zero-order chi connectivity index (χ0) is 23.6. The molecule has 8 nitrogen and oxygen atoms in total. The minimum Gasteiger partial charge on any atom is -0.423 e. The van der Waals surface area contributed by atoms with Crippen LogP contribution in [0.15, 0.2) is 4.42 Å². The highest BCUT2D eigenvalue weighted by Crippen LogP contribution is 2.49. The van der Waals surface area contributed by atoms with E-state index in [1.807, 2.05) is 9.80 Å². The van der Waals surface area contributed by atoms with E-state index in [4.69, 9.17) is 4.42 Å². The lowest BCUT2D eigenvalue weighted by atomic mass is 9.76. The van der Waals surface area contributed by atoms with Crippen LogP contribution in [0.5, 0.6) is 0 Å². The Labute approximate surface area is 198 Å². The topological polar surface area (TPSA) is 82.8 Å². The summed E-state index contributed by atoms with van der Waals surface area (Å²) in [4.78, 5) is 32.0. The van der Waals surface area contributed by atoms with Crippen LogP contribution < -0.4 is 0 Å². The summed E-state index contributed by atoms with van der Waals surface area (Å²) >= 11 is 0. The largest absolute Gasteiger partial charge is 0.423 e. The number of amides is 2. The van der Waals surface area contributed by atoms with Crippen LogP contribution in [0, 0.1) is 11.3 Å². The molecule has 8 heteroatoms. The van der Waals surface area contributed by atoms with Gasteiger partial charge in [0.1, 0.15) is 0 Å². The molecule has 3 aliphatic rings. The van der Waals surface area contributed by atoms with Gasteiger partial charge in [-0.05, 0) is 49.9 Å². The summed E-state index contributed by atoms with van der Waals surface area (Å²) in [5, 5.41) is 8.66. The highest BCUT2D eigenvalue weighted by molar-refractivity contribution is 5.78. The van der Waals surface area contributed by atoms with Crippen LogP contribution in [-0.2, 0) is 9.59 Å². The zero-order valence-corrected chi connectivity index (χ0v) is 20.9. The molecule has 3 fully saturated rings. The van der Waals surface area contributed by atoms with E-state index in [0.717, 1.165) is 64.8 Å². The van der Waals surface area contributed by atoms with Crippen molar-refractivity contribution in [3.05, 3.63) is 11.8 Å². The monoisotopic (exact) mass is 459 g/mol. The number of aromatic nitrogens is 2. The van der Waals surface area contributed by atoms with E-state index in [0.29, 0.717) is 30.7 Å². The Kier molecular flexibility index (Phi) is 7.41. The van der Waals surface area contributed by atoms with Crippen LogP contribution >= 0.6 is 0 Å². The molecule has 1 atom stereocenters. The average Bonchev–Trinajstić information content (AvgIpc) is 3.40. The van der Waals surface area contributed by atoms with E-state index in [2.05, 4.69) is 42.8 Å². The lowest BCUT2D eigenvalue weighted by Gasteiger charge is -2.39. The Morgan fingerprint density at radius 3 is 2.24 bits per heavy atom. The third-order valence-electron chi connectivity index (χ3n) is 7.65. The summed E-state index contributed by atoms with van der Waals surface area (Å²) in [7, 11) is 0. The fraction of sp³-hybridized carbons (Fsp3) is 0.840. The third kappa shape index (κ3) is 5.58. The molecule has 3 saturated heterocycles. The van der Waals surface area contributed by atoms with Crippen molar-refractivity contribution in [3.63, 3.8) is 0 Å². The maximum absolute atomic E-state index is 13.1. The summed E-state index contributed by atoms with van der Waals surface area (Å²) in [5.41, 5.74) is 0.0912. The Bertz CT molecular complexity index is 822. The number of piperidine rings is 2. The van der Waals surface area contributed by atoms with Gasteiger partial charge in [0.25, 0.3) is 0 Å². The summed E-state index contributed by atoms with van der Waals surface area (Å²) < 4.78 is 6.07. The predicted octanol–water partition coefficient (Wildman–Crippen LogP) is 3.61. The second kappa shape index (κ2) is 10.1. The lowest BCUT2D eigenvalue weighted by Crippen LogP contribution is -2.46. The van der Waals surface area contributed by atoms with Gasteiger partial charge in [0.2, 0.25) is 23.6 Å². The minimum absolute atomic E-state index is 0.0309. The molecule has 1 aromatic rings. The van der Waals surface area contributed by atoms with Crippen molar-refractivity contribution < 1.29 is 14.0 Å². The Morgan fingerprint density at radius 1 is 0.970 bits per heavy atom. The van der Waals surface area contributed by atoms with Gasteiger partial charge < -0.3 is 14.2 Å². The van der Waals surface area contributed by atoms with E-state index in [9.17, 15) is 9.59 Å². The van der Waals surface area contributed by atoms with Crippen molar-refractivity contribution in [1.82, 2.24) is 24.9 Å². The fourth-order valence-electron chi connectivity index (χ4n) is 5.66. The number of hydrogen-bond acceptors (Lipinski definition) is 6. The van der Waals surface area contributed by atoms with E-state index in [1.165, 1.54) is 6.42 Å². The smallest absolute Gasteiger partial charge is 0.236 e. The SMILES string of the molecule is CC(C)CC(=O)N1CCC2(CC1)CC(c1nnc(C(C)C)o1)N(CC(=O)N1CCCCC1)C2. The van der Waals surface area contributed by atoms with Crippen molar-refractivity contribution in [1.29, 1.82) is 0 Å². The van der Waals surface area contributed by atoms with Crippen LogP contribution in [0.2, 0.25) is 0 Å². The van der Waals surface area contributed by atoms with Crippen LogP contribution in [0.3, 0.4) is 0 Å². The number of rotatable bonds is 6. The molecule has 0 aliphatic carbocycles. The second-order valence-corrected chi connectivity index (χ2v) is 11.2. The highest BCUT2D eigenvalue weighted by atomic mass is 16.4. The molecule has 0 aromatic carbocycles. The summed E-state index contributed by atoms with van der Waals surface area (Å²) in [6.07, 6.45) is 6.87. The van der Waals surface area contributed by atoms with Gasteiger partial charge in [0.05, 0.1) is 12.6 Å². The van der Waals surface area contributed by atoms with Crippen molar-refractivity contribution >= 4 is 11.8 Å². The van der Waals surface area contributed by atoms with Gasteiger partial charge in [0.15, 0.2) is 0 Å². The van der Waals surface area contributed by atoms with E-state index in [1.54, 1.807) is 0 Å². The van der Waals surface area contributed by atoms with Gasteiger partial charge in [-0.25, -0.2) is 0 Å². The molecule has 1 unspecified atom stereocenters. The molecule has 0 bridgehead atoms. The Hall–Kier alpha value is -1.96. The van der Waals surface area contributed by atoms with Crippen LogP contribution in [0.1, 0.15) is 96.4 Å². The van der Waals surface area contributed by atoms with E-state index >= 15 is 0 Å². The molecule has 1 aromatic heterocycles. The number of likely N-dealkylation sites (tertiary alicyclic amines) is 3. The molecular weight excluding hydrogens is 418 g/mol. The minimum atomic E-state index is -0.0309. The molecule has 33 heavy (non-hydrogen) atoms. The maximum atomic E-state index is 13.1. The first-order chi connectivity index (χ1) is 15.8. The van der Waals surface area contributed by atoms with Crippen LogP contribution in [0.25, 0.3) is 0 Å².